The van der Waals surface area contributed by atoms with Gasteiger partial charge >= 0.3 is 0 Å². The predicted octanol–water partition coefficient (Wildman–Crippen LogP) is 5.48. The van der Waals surface area contributed by atoms with Gasteiger partial charge in [0.1, 0.15) is 6.04 Å². The highest BCUT2D eigenvalue weighted by Gasteiger charge is 2.26. The van der Waals surface area contributed by atoms with Crippen LogP contribution in [0.15, 0.2) is 42.5 Å². The molecule has 2 aromatic rings. The van der Waals surface area contributed by atoms with Crippen LogP contribution in [0.2, 0.25) is 10.0 Å². The lowest BCUT2D eigenvalue weighted by atomic mass is 10.1. The van der Waals surface area contributed by atoms with E-state index in [4.69, 9.17) is 23.2 Å². The number of thioether (sulfide) groups is 1. The third-order valence-corrected chi connectivity index (χ3v) is 6.22. The van der Waals surface area contributed by atoms with E-state index in [2.05, 4.69) is 5.32 Å². The Bertz CT molecular complexity index is 869. The number of aryl methyl sites for hydroxylation is 1. The van der Waals surface area contributed by atoms with Gasteiger partial charge in [-0.3, -0.25) is 9.59 Å². The topological polar surface area (TPSA) is 49.4 Å². The average Bonchev–Trinajstić information content (AvgIpc) is 2.67. The van der Waals surface area contributed by atoms with E-state index in [9.17, 15) is 9.59 Å². The van der Waals surface area contributed by atoms with Crippen molar-refractivity contribution in [2.45, 2.75) is 52.1 Å². The van der Waals surface area contributed by atoms with Crippen LogP contribution >= 0.6 is 35.0 Å². The lowest BCUT2D eigenvalue weighted by Crippen LogP contribution is -2.49. The fourth-order valence-corrected chi connectivity index (χ4v) is 4.64. The van der Waals surface area contributed by atoms with Crippen LogP contribution in [0.25, 0.3) is 0 Å². The van der Waals surface area contributed by atoms with Crippen LogP contribution in [0.3, 0.4) is 0 Å². The summed E-state index contributed by atoms with van der Waals surface area (Å²) < 4.78 is 0. The van der Waals surface area contributed by atoms with Crippen molar-refractivity contribution in [3.05, 3.63) is 69.2 Å². The maximum Gasteiger partial charge on any atom is 0.242 e. The number of carbonyl (C=O) groups excluding carboxylic acids is 2. The van der Waals surface area contributed by atoms with Crippen molar-refractivity contribution < 1.29 is 9.59 Å². The van der Waals surface area contributed by atoms with Gasteiger partial charge in [0, 0.05) is 28.4 Å². The van der Waals surface area contributed by atoms with Crippen molar-refractivity contribution in [3.63, 3.8) is 0 Å². The molecular weight excluding hydrogens is 439 g/mol. The molecule has 0 fully saturated rings. The number of nitrogens with zero attached hydrogens (tertiary/aromatic N) is 1. The minimum atomic E-state index is -0.579. The van der Waals surface area contributed by atoms with Crippen LogP contribution < -0.4 is 5.32 Å². The molecule has 0 aliphatic rings. The SMILES string of the molecule is Cc1cccc(CN(C(=O)CSCc2c(Cl)cccc2Cl)C(C)C(=O)NC(C)C)c1. The standard InChI is InChI=1S/C23H28Cl2N2O2S/c1-15(2)26-23(29)17(4)27(12-18-8-5-7-16(3)11-18)22(28)14-30-13-19-20(24)9-6-10-21(19)25/h5-11,15,17H,12-14H2,1-4H3,(H,26,29). The first-order valence-corrected chi connectivity index (χ1v) is 11.8. The average molecular weight is 467 g/mol. The van der Waals surface area contributed by atoms with Crippen molar-refractivity contribution in [2.75, 3.05) is 5.75 Å². The maximum atomic E-state index is 13.1. The first kappa shape index (κ1) is 24.6. The normalized spacial score (nSPS) is 12.0. The number of amides is 2. The van der Waals surface area contributed by atoms with Crippen molar-refractivity contribution in [2.24, 2.45) is 0 Å². The van der Waals surface area contributed by atoms with Gasteiger partial charge in [-0.2, -0.15) is 0 Å². The summed E-state index contributed by atoms with van der Waals surface area (Å²) in [4.78, 5) is 27.3. The maximum absolute atomic E-state index is 13.1. The number of hydrogen-bond donors (Lipinski definition) is 1. The Balaban J connectivity index is 2.11. The monoisotopic (exact) mass is 466 g/mol. The molecule has 1 unspecified atom stereocenters. The molecule has 4 nitrogen and oxygen atoms in total. The Kier molecular flexibility index (Phi) is 9.53. The second-order valence-corrected chi connectivity index (χ2v) is 9.34. The van der Waals surface area contributed by atoms with Crippen LogP contribution in [0.4, 0.5) is 0 Å². The smallest absolute Gasteiger partial charge is 0.242 e. The first-order chi connectivity index (χ1) is 14.2. The Morgan fingerprint density at radius 1 is 1.07 bits per heavy atom. The lowest BCUT2D eigenvalue weighted by molar-refractivity contribution is -0.138. The molecule has 7 heteroatoms. The molecule has 0 aliphatic heterocycles. The molecule has 0 spiro atoms. The predicted molar refractivity (Wildman–Crippen MR) is 127 cm³/mol. The Hall–Kier alpha value is -1.69. The lowest BCUT2D eigenvalue weighted by Gasteiger charge is -2.29. The summed E-state index contributed by atoms with van der Waals surface area (Å²) in [6.45, 7) is 7.95. The number of carbonyl (C=O) groups is 2. The van der Waals surface area contributed by atoms with E-state index < -0.39 is 6.04 Å². The van der Waals surface area contributed by atoms with E-state index in [0.29, 0.717) is 22.3 Å². The van der Waals surface area contributed by atoms with Gasteiger partial charge in [-0.15, -0.1) is 11.8 Å². The molecule has 0 radical (unpaired) electrons. The van der Waals surface area contributed by atoms with Gasteiger partial charge < -0.3 is 10.2 Å². The van der Waals surface area contributed by atoms with Crippen LogP contribution in [0.1, 0.15) is 37.5 Å². The molecule has 2 aromatic carbocycles. The minimum Gasteiger partial charge on any atom is -0.352 e. The quantitative estimate of drug-likeness (QED) is 0.532. The van der Waals surface area contributed by atoms with Crippen LogP contribution in [0.5, 0.6) is 0 Å². The fraction of sp³-hybridized carbons (Fsp3) is 0.391. The second kappa shape index (κ2) is 11.6. The summed E-state index contributed by atoms with van der Waals surface area (Å²) in [6.07, 6.45) is 0. The summed E-state index contributed by atoms with van der Waals surface area (Å²) in [5.41, 5.74) is 2.92. The summed E-state index contributed by atoms with van der Waals surface area (Å²) >= 11 is 13.9. The zero-order valence-corrected chi connectivity index (χ0v) is 20.1. The molecule has 30 heavy (non-hydrogen) atoms. The van der Waals surface area contributed by atoms with Gasteiger partial charge in [0.25, 0.3) is 0 Å². The molecular formula is C23H28Cl2N2O2S. The number of hydrogen-bond acceptors (Lipinski definition) is 3. The third-order valence-electron chi connectivity index (χ3n) is 4.57. The number of rotatable bonds is 9. The van der Waals surface area contributed by atoms with E-state index in [1.165, 1.54) is 11.8 Å². The fourth-order valence-electron chi connectivity index (χ4n) is 2.99. The summed E-state index contributed by atoms with van der Waals surface area (Å²) in [5, 5.41) is 4.07. The van der Waals surface area contributed by atoms with E-state index in [0.717, 1.165) is 16.7 Å². The van der Waals surface area contributed by atoms with E-state index >= 15 is 0 Å². The summed E-state index contributed by atoms with van der Waals surface area (Å²) in [7, 11) is 0. The molecule has 2 rings (SSSR count). The largest absolute Gasteiger partial charge is 0.352 e. The first-order valence-electron chi connectivity index (χ1n) is 9.85. The van der Waals surface area contributed by atoms with Gasteiger partial charge in [-0.25, -0.2) is 0 Å². The van der Waals surface area contributed by atoms with Crippen LogP contribution in [-0.2, 0) is 21.9 Å². The highest BCUT2D eigenvalue weighted by molar-refractivity contribution is 7.99. The molecule has 1 N–H and O–H groups in total. The van der Waals surface area contributed by atoms with E-state index in [-0.39, 0.29) is 23.6 Å². The van der Waals surface area contributed by atoms with Gasteiger partial charge in [-0.1, -0.05) is 59.1 Å². The Morgan fingerprint density at radius 3 is 2.30 bits per heavy atom. The zero-order valence-electron chi connectivity index (χ0n) is 17.7. The molecule has 0 heterocycles. The Morgan fingerprint density at radius 2 is 1.70 bits per heavy atom. The van der Waals surface area contributed by atoms with E-state index in [1.54, 1.807) is 30.0 Å². The summed E-state index contributed by atoms with van der Waals surface area (Å²) in [6, 6.07) is 12.8. The molecule has 0 aliphatic carbocycles. The molecule has 1 atom stereocenters. The summed E-state index contributed by atoms with van der Waals surface area (Å²) in [5.74, 6) is 0.489. The van der Waals surface area contributed by atoms with Gasteiger partial charge in [0.15, 0.2) is 0 Å². The van der Waals surface area contributed by atoms with Gasteiger partial charge in [0.2, 0.25) is 11.8 Å². The van der Waals surface area contributed by atoms with E-state index in [1.807, 2.05) is 45.0 Å². The van der Waals surface area contributed by atoms with Gasteiger partial charge in [0.05, 0.1) is 5.75 Å². The van der Waals surface area contributed by atoms with Crippen molar-refractivity contribution in [1.82, 2.24) is 10.2 Å². The molecule has 2 amide bonds. The van der Waals surface area contributed by atoms with Gasteiger partial charge in [-0.05, 0) is 51.0 Å². The minimum absolute atomic E-state index is 0.00705. The van der Waals surface area contributed by atoms with Crippen LogP contribution in [-0.4, -0.2) is 34.6 Å². The molecule has 0 saturated carbocycles. The Labute approximate surface area is 193 Å². The molecule has 0 bridgehead atoms. The van der Waals surface area contributed by atoms with Crippen LogP contribution in [0, 0.1) is 6.92 Å². The highest BCUT2D eigenvalue weighted by Crippen LogP contribution is 2.28. The highest BCUT2D eigenvalue weighted by atomic mass is 35.5. The molecule has 162 valence electrons. The molecule has 0 aromatic heterocycles. The zero-order chi connectivity index (χ0) is 22.3. The van der Waals surface area contributed by atoms with Crippen molar-refractivity contribution in [3.8, 4) is 0 Å². The number of benzene rings is 2. The second-order valence-electron chi connectivity index (χ2n) is 7.54. The van der Waals surface area contributed by atoms with Crippen molar-refractivity contribution >= 4 is 46.8 Å². The number of nitrogens with one attached hydrogen (secondary N) is 1. The van der Waals surface area contributed by atoms with Crippen molar-refractivity contribution in [1.29, 1.82) is 0 Å². The molecule has 0 saturated heterocycles. The third kappa shape index (κ3) is 7.22. The number of halogens is 2.